The number of benzene rings is 1. The van der Waals surface area contributed by atoms with E-state index in [1.807, 2.05) is 13.8 Å². The lowest BCUT2D eigenvalue weighted by Crippen LogP contribution is -2.38. The van der Waals surface area contributed by atoms with Gasteiger partial charge in [0.1, 0.15) is 5.76 Å². The molecule has 3 rings (SSSR count). The summed E-state index contributed by atoms with van der Waals surface area (Å²) in [5, 5.41) is 12.1. The molecule has 3 N–H and O–H groups in total. The summed E-state index contributed by atoms with van der Waals surface area (Å²) in [7, 11) is 0. The van der Waals surface area contributed by atoms with Crippen LogP contribution < -0.4 is 10.6 Å². The van der Waals surface area contributed by atoms with Crippen molar-refractivity contribution in [3.63, 3.8) is 0 Å². The molecule has 144 valence electrons. The Kier molecular flexibility index (Phi) is 6.16. The van der Waals surface area contributed by atoms with Crippen LogP contribution in [0.2, 0.25) is 0 Å². The van der Waals surface area contributed by atoms with E-state index in [-0.39, 0.29) is 0 Å². The zero-order valence-corrected chi connectivity index (χ0v) is 16.6. The largest absolute Gasteiger partial charge is 0.361 e. The first-order valence-corrected chi connectivity index (χ1v) is 9.59. The number of rotatable bonds is 7. The maximum atomic E-state index is 5.22. The van der Waals surface area contributed by atoms with Crippen molar-refractivity contribution in [3.8, 4) is 0 Å². The lowest BCUT2D eigenvalue weighted by Gasteiger charge is -2.11. The van der Waals surface area contributed by atoms with Gasteiger partial charge < -0.3 is 20.1 Å². The Balaban J connectivity index is 1.57. The van der Waals surface area contributed by atoms with Crippen molar-refractivity contribution in [2.24, 2.45) is 4.99 Å². The van der Waals surface area contributed by atoms with E-state index in [1.54, 1.807) is 0 Å². The van der Waals surface area contributed by atoms with Crippen LogP contribution in [0.1, 0.15) is 35.1 Å². The number of aliphatic imine (C=N–C) groups is 1. The highest BCUT2D eigenvalue weighted by Gasteiger charge is 2.09. The van der Waals surface area contributed by atoms with Gasteiger partial charge in [0.15, 0.2) is 5.96 Å². The summed E-state index contributed by atoms with van der Waals surface area (Å²) in [6, 6.07) is 6.37. The monoisotopic (exact) mass is 367 g/mol. The van der Waals surface area contributed by atoms with Crippen LogP contribution in [0.3, 0.4) is 0 Å². The lowest BCUT2D eigenvalue weighted by molar-refractivity contribution is 0.392. The molecule has 6 heteroatoms. The molecule has 27 heavy (non-hydrogen) atoms. The minimum atomic E-state index is 0.699. The van der Waals surface area contributed by atoms with E-state index in [9.17, 15) is 0 Å². The van der Waals surface area contributed by atoms with Crippen LogP contribution in [-0.2, 0) is 12.8 Å². The number of H-pyrrole nitrogens is 1. The molecule has 3 aromatic rings. The van der Waals surface area contributed by atoms with Crippen molar-refractivity contribution >= 4 is 16.9 Å². The first-order chi connectivity index (χ1) is 13.1. The molecule has 0 aliphatic heterocycles. The van der Waals surface area contributed by atoms with Crippen molar-refractivity contribution in [1.29, 1.82) is 0 Å². The van der Waals surface area contributed by atoms with Crippen molar-refractivity contribution in [2.45, 2.75) is 40.5 Å². The van der Waals surface area contributed by atoms with Crippen LogP contribution in [0, 0.1) is 20.8 Å². The zero-order valence-electron chi connectivity index (χ0n) is 16.6. The van der Waals surface area contributed by atoms with E-state index in [2.05, 4.69) is 64.0 Å². The molecule has 6 nitrogen and oxygen atoms in total. The topological polar surface area (TPSA) is 78.2 Å². The zero-order chi connectivity index (χ0) is 19.2. The normalized spacial score (nSPS) is 11.9. The average Bonchev–Trinajstić information content (AvgIpc) is 3.20. The maximum Gasteiger partial charge on any atom is 0.191 e. The standard InChI is InChI=1S/C21H29N5O/c1-5-22-21(24-12-10-18-15(3)26-27-16(18)4)23-11-9-17-13-25-19-8-6-7-14(2)20(17)19/h6-8,13,25H,5,9-12H2,1-4H3,(H2,22,23,24). The van der Waals surface area contributed by atoms with Crippen molar-refractivity contribution < 1.29 is 4.52 Å². The highest BCUT2D eigenvalue weighted by molar-refractivity contribution is 5.86. The van der Waals surface area contributed by atoms with Crippen molar-refractivity contribution in [3.05, 3.63) is 52.5 Å². The summed E-state index contributed by atoms with van der Waals surface area (Å²) in [6.07, 6.45) is 3.89. The Bertz CT molecular complexity index is 902. The van der Waals surface area contributed by atoms with E-state index in [0.29, 0.717) is 6.54 Å². The van der Waals surface area contributed by atoms with E-state index >= 15 is 0 Å². The Hall–Kier alpha value is -2.76. The fraction of sp³-hybridized carbons (Fsp3) is 0.429. The van der Waals surface area contributed by atoms with Gasteiger partial charge in [0.25, 0.3) is 0 Å². The fourth-order valence-corrected chi connectivity index (χ4v) is 3.44. The molecular formula is C21H29N5O. The Morgan fingerprint density at radius 1 is 1.19 bits per heavy atom. The number of nitrogens with zero attached hydrogens (tertiary/aromatic N) is 2. The number of hydrogen-bond donors (Lipinski definition) is 3. The van der Waals surface area contributed by atoms with Crippen LogP contribution in [0.15, 0.2) is 33.9 Å². The molecule has 0 spiro atoms. The molecule has 0 aliphatic carbocycles. The fourth-order valence-electron chi connectivity index (χ4n) is 3.44. The van der Waals surface area contributed by atoms with Gasteiger partial charge in [0.05, 0.1) is 5.69 Å². The van der Waals surface area contributed by atoms with Gasteiger partial charge in [-0.25, -0.2) is 0 Å². The number of guanidine groups is 1. The second-order valence-corrected chi connectivity index (χ2v) is 6.80. The highest BCUT2D eigenvalue weighted by Crippen LogP contribution is 2.22. The molecule has 0 radical (unpaired) electrons. The van der Waals surface area contributed by atoms with Gasteiger partial charge >= 0.3 is 0 Å². The molecule has 0 saturated carbocycles. The summed E-state index contributed by atoms with van der Waals surface area (Å²) in [6.45, 7) is 10.5. The third kappa shape index (κ3) is 4.51. The number of aromatic amines is 1. The van der Waals surface area contributed by atoms with E-state index in [4.69, 9.17) is 4.52 Å². The summed E-state index contributed by atoms with van der Waals surface area (Å²) >= 11 is 0. The first kappa shape index (κ1) is 19.0. The van der Waals surface area contributed by atoms with E-state index in [1.165, 1.54) is 22.0 Å². The second-order valence-electron chi connectivity index (χ2n) is 6.80. The van der Waals surface area contributed by atoms with E-state index in [0.717, 1.165) is 48.9 Å². The third-order valence-corrected chi connectivity index (χ3v) is 4.84. The molecule has 0 saturated heterocycles. The predicted octanol–water partition coefficient (Wildman–Crippen LogP) is 3.42. The van der Waals surface area contributed by atoms with Gasteiger partial charge in [0.2, 0.25) is 0 Å². The van der Waals surface area contributed by atoms with Gasteiger partial charge in [-0.15, -0.1) is 0 Å². The van der Waals surface area contributed by atoms with Crippen molar-refractivity contribution in [2.75, 3.05) is 19.6 Å². The maximum absolute atomic E-state index is 5.22. The molecule has 2 aromatic heterocycles. The second kappa shape index (κ2) is 8.75. The molecule has 0 atom stereocenters. The van der Waals surface area contributed by atoms with Crippen LogP contribution in [-0.4, -0.2) is 35.7 Å². The molecule has 2 heterocycles. The van der Waals surface area contributed by atoms with Gasteiger partial charge in [0, 0.05) is 42.3 Å². The number of nitrogens with one attached hydrogen (secondary N) is 3. The number of fused-ring (bicyclic) bond motifs is 1. The summed E-state index contributed by atoms with van der Waals surface area (Å²) in [4.78, 5) is 8.05. The molecule has 0 fully saturated rings. The molecule has 1 aromatic carbocycles. The first-order valence-electron chi connectivity index (χ1n) is 9.59. The Morgan fingerprint density at radius 3 is 2.78 bits per heavy atom. The van der Waals surface area contributed by atoms with Gasteiger partial charge in [-0.3, -0.25) is 4.99 Å². The molecular weight excluding hydrogens is 338 g/mol. The minimum Gasteiger partial charge on any atom is -0.361 e. The number of hydrogen-bond acceptors (Lipinski definition) is 3. The minimum absolute atomic E-state index is 0.699. The van der Waals surface area contributed by atoms with E-state index < -0.39 is 0 Å². The molecule has 0 unspecified atom stereocenters. The SMILES string of the molecule is CCNC(=NCCc1c(C)noc1C)NCCc1c[nH]c2cccc(C)c12. The summed E-state index contributed by atoms with van der Waals surface area (Å²) in [5.74, 6) is 1.73. The van der Waals surface area contributed by atoms with Crippen LogP contribution in [0.5, 0.6) is 0 Å². The number of aromatic nitrogens is 2. The smallest absolute Gasteiger partial charge is 0.191 e. The number of aryl methyl sites for hydroxylation is 3. The Labute approximate surface area is 160 Å². The van der Waals surface area contributed by atoms with Crippen LogP contribution in [0.25, 0.3) is 10.9 Å². The summed E-state index contributed by atoms with van der Waals surface area (Å²) < 4.78 is 5.22. The average molecular weight is 367 g/mol. The summed E-state index contributed by atoms with van der Waals surface area (Å²) in [5.41, 5.74) is 5.95. The molecule has 0 bridgehead atoms. The predicted molar refractivity (Wildman–Crippen MR) is 110 cm³/mol. The van der Waals surface area contributed by atoms with Gasteiger partial charge in [-0.1, -0.05) is 17.3 Å². The van der Waals surface area contributed by atoms with Crippen molar-refractivity contribution in [1.82, 2.24) is 20.8 Å². The van der Waals surface area contributed by atoms with Crippen LogP contribution in [0.4, 0.5) is 0 Å². The highest BCUT2D eigenvalue weighted by atomic mass is 16.5. The van der Waals surface area contributed by atoms with Gasteiger partial charge in [-0.2, -0.15) is 0 Å². The Morgan fingerprint density at radius 2 is 2.04 bits per heavy atom. The van der Waals surface area contributed by atoms with Gasteiger partial charge in [-0.05, 0) is 57.7 Å². The molecule has 0 amide bonds. The third-order valence-electron chi connectivity index (χ3n) is 4.84. The lowest BCUT2D eigenvalue weighted by atomic mass is 10.1. The van der Waals surface area contributed by atoms with Crippen LogP contribution >= 0.6 is 0 Å². The quantitative estimate of drug-likeness (QED) is 0.442. The molecule has 0 aliphatic rings.